The molecule has 4 heterocycles. The molecule has 142 valence electrons. The molecule has 1 aromatic heterocycles. The first kappa shape index (κ1) is 17.8. The van der Waals surface area contributed by atoms with Gasteiger partial charge in [0.2, 0.25) is 10.0 Å². The highest BCUT2D eigenvalue weighted by Crippen LogP contribution is 2.32. The summed E-state index contributed by atoms with van der Waals surface area (Å²) in [5.74, 6) is 1.29. The van der Waals surface area contributed by atoms with E-state index in [2.05, 4.69) is 28.9 Å². The van der Waals surface area contributed by atoms with Crippen LogP contribution in [0.2, 0.25) is 0 Å². The van der Waals surface area contributed by atoms with Crippen LogP contribution in [0.5, 0.6) is 5.75 Å². The van der Waals surface area contributed by atoms with Crippen molar-refractivity contribution in [1.82, 2.24) is 14.2 Å². The number of nitrogens with one attached hydrogen (secondary N) is 1. The molecule has 6 nitrogen and oxygen atoms in total. The summed E-state index contributed by atoms with van der Waals surface area (Å²) in [6.45, 7) is 5.22. The standard InChI is InChI=1S/C19H27N3O3S/c1-13-17-8-16(25-2)6-7-18(17)20-19(13)12-21-9-14-4-5-15(21)11-22(10-14)26(3,23)24/h6-8,14-15,20H,4-5,9-12H2,1-3H3/t14-,15-/m1/s1. The zero-order chi connectivity index (χ0) is 18.5. The average molecular weight is 378 g/mol. The predicted molar refractivity (Wildman–Crippen MR) is 103 cm³/mol. The molecule has 3 aliphatic rings. The van der Waals surface area contributed by atoms with Gasteiger partial charge < -0.3 is 9.72 Å². The average Bonchev–Trinajstić information content (AvgIpc) is 2.78. The van der Waals surface area contributed by atoms with Gasteiger partial charge in [-0.15, -0.1) is 0 Å². The number of benzene rings is 1. The molecule has 2 aromatic rings. The number of nitrogens with zero attached hydrogens (tertiary/aromatic N) is 2. The summed E-state index contributed by atoms with van der Waals surface area (Å²) >= 11 is 0. The van der Waals surface area contributed by atoms with Crippen LogP contribution in [0.25, 0.3) is 10.9 Å². The van der Waals surface area contributed by atoms with Gasteiger partial charge in [0.05, 0.1) is 13.4 Å². The maximum absolute atomic E-state index is 12.0. The van der Waals surface area contributed by atoms with Gasteiger partial charge in [-0.25, -0.2) is 12.7 Å². The molecule has 0 saturated carbocycles. The van der Waals surface area contributed by atoms with Gasteiger partial charge >= 0.3 is 0 Å². The molecule has 5 rings (SSSR count). The zero-order valence-electron chi connectivity index (χ0n) is 15.7. The molecule has 0 aliphatic carbocycles. The van der Waals surface area contributed by atoms with Crippen molar-refractivity contribution >= 4 is 20.9 Å². The molecule has 3 aliphatic heterocycles. The third-order valence-electron chi connectivity index (χ3n) is 5.99. The molecular weight excluding hydrogens is 350 g/mol. The number of ether oxygens (including phenoxy) is 1. The zero-order valence-corrected chi connectivity index (χ0v) is 16.5. The second kappa shape index (κ2) is 6.55. The van der Waals surface area contributed by atoms with E-state index in [9.17, 15) is 8.42 Å². The highest BCUT2D eigenvalue weighted by Gasteiger charge is 2.37. The number of H-pyrrole nitrogens is 1. The summed E-state index contributed by atoms with van der Waals surface area (Å²) in [4.78, 5) is 6.02. The Kier molecular flexibility index (Phi) is 4.49. The van der Waals surface area contributed by atoms with E-state index in [1.807, 2.05) is 6.07 Å². The van der Waals surface area contributed by atoms with E-state index in [4.69, 9.17) is 4.74 Å². The summed E-state index contributed by atoms with van der Waals surface area (Å²) in [6, 6.07) is 6.40. The SMILES string of the molecule is COc1ccc2[nH]c(CN3C[C@H]4CC[C@@H]3CN(S(C)(=O)=O)C4)c(C)c2c1. The monoisotopic (exact) mass is 377 g/mol. The van der Waals surface area contributed by atoms with Gasteiger partial charge in [0, 0.05) is 48.8 Å². The van der Waals surface area contributed by atoms with Crippen LogP contribution < -0.4 is 4.74 Å². The molecule has 3 fully saturated rings. The number of aromatic nitrogens is 1. The smallest absolute Gasteiger partial charge is 0.211 e. The molecule has 0 unspecified atom stereocenters. The van der Waals surface area contributed by atoms with Crippen LogP contribution in [0.3, 0.4) is 0 Å². The first-order valence-electron chi connectivity index (χ1n) is 9.19. The Morgan fingerprint density at radius 1 is 1.23 bits per heavy atom. The minimum atomic E-state index is -3.12. The summed E-state index contributed by atoms with van der Waals surface area (Å²) in [5.41, 5.74) is 3.58. The van der Waals surface area contributed by atoms with Crippen LogP contribution in [-0.4, -0.2) is 61.6 Å². The van der Waals surface area contributed by atoms with Crippen LogP contribution in [0.1, 0.15) is 24.1 Å². The number of hydrogen-bond donors (Lipinski definition) is 1. The number of rotatable bonds is 4. The van der Waals surface area contributed by atoms with E-state index >= 15 is 0 Å². The second-order valence-corrected chi connectivity index (χ2v) is 9.73. The second-order valence-electron chi connectivity index (χ2n) is 7.75. The largest absolute Gasteiger partial charge is 0.497 e. The fraction of sp³-hybridized carbons (Fsp3) is 0.579. The highest BCUT2D eigenvalue weighted by atomic mass is 32.2. The molecule has 0 spiro atoms. The molecule has 2 bridgehead atoms. The van der Waals surface area contributed by atoms with Crippen molar-refractivity contribution in [3.8, 4) is 5.75 Å². The Balaban J connectivity index is 1.60. The predicted octanol–water partition coefficient (Wildman–Crippen LogP) is 2.34. The molecule has 1 aromatic carbocycles. The van der Waals surface area contributed by atoms with Gasteiger partial charge in [-0.3, -0.25) is 4.90 Å². The summed E-state index contributed by atoms with van der Waals surface area (Å²) in [5, 5.41) is 1.19. The summed E-state index contributed by atoms with van der Waals surface area (Å²) < 4.78 is 31.1. The first-order valence-corrected chi connectivity index (χ1v) is 11.0. The van der Waals surface area contributed by atoms with Crippen LogP contribution in [0.15, 0.2) is 18.2 Å². The van der Waals surface area contributed by atoms with Crippen molar-refractivity contribution in [2.45, 2.75) is 32.4 Å². The van der Waals surface area contributed by atoms with Gasteiger partial charge in [0.1, 0.15) is 5.75 Å². The Bertz CT molecular complexity index is 921. The third kappa shape index (κ3) is 3.23. The van der Waals surface area contributed by atoms with Crippen LogP contribution in [0, 0.1) is 12.8 Å². The Labute approximate surface area is 155 Å². The molecular formula is C19H27N3O3S. The molecule has 0 amide bonds. The lowest BCUT2D eigenvalue weighted by molar-refractivity contribution is 0.124. The Hall–Kier alpha value is -1.57. The Morgan fingerprint density at radius 2 is 2.04 bits per heavy atom. The van der Waals surface area contributed by atoms with Gasteiger partial charge in [-0.1, -0.05) is 0 Å². The molecule has 0 radical (unpaired) electrons. The van der Waals surface area contributed by atoms with Gasteiger partial charge in [-0.05, 0) is 49.4 Å². The number of hydrogen-bond acceptors (Lipinski definition) is 4. The highest BCUT2D eigenvalue weighted by molar-refractivity contribution is 7.88. The van der Waals surface area contributed by atoms with E-state index in [-0.39, 0.29) is 0 Å². The van der Waals surface area contributed by atoms with Gasteiger partial charge in [0.25, 0.3) is 0 Å². The number of methoxy groups -OCH3 is 1. The van der Waals surface area contributed by atoms with Crippen molar-refractivity contribution in [2.24, 2.45) is 5.92 Å². The van der Waals surface area contributed by atoms with E-state index in [1.54, 1.807) is 11.4 Å². The van der Waals surface area contributed by atoms with Crippen molar-refractivity contribution in [1.29, 1.82) is 0 Å². The van der Waals surface area contributed by atoms with Crippen LogP contribution in [-0.2, 0) is 16.6 Å². The first-order chi connectivity index (χ1) is 12.3. The summed E-state index contributed by atoms with van der Waals surface area (Å²) in [6.07, 6.45) is 3.52. The fourth-order valence-electron chi connectivity index (χ4n) is 4.45. The minimum absolute atomic E-state index is 0.295. The fourth-order valence-corrected chi connectivity index (χ4v) is 5.37. The van der Waals surface area contributed by atoms with Crippen LogP contribution >= 0.6 is 0 Å². The molecule has 1 N–H and O–H groups in total. The number of aromatic amines is 1. The summed E-state index contributed by atoms with van der Waals surface area (Å²) in [7, 11) is -1.44. The van der Waals surface area contributed by atoms with Crippen LogP contribution in [0.4, 0.5) is 0 Å². The van der Waals surface area contributed by atoms with Gasteiger partial charge in [0.15, 0.2) is 0 Å². The van der Waals surface area contributed by atoms with Gasteiger partial charge in [-0.2, -0.15) is 0 Å². The molecule has 2 atom stereocenters. The lowest BCUT2D eigenvalue weighted by Crippen LogP contribution is -2.43. The number of fused-ring (bicyclic) bond motifs is 5. The number of piperidine rings is 1. The van der Waals surface area contributed by atoms with Crippen molar-refractivity contribution < 1.29 is 13.2 Å². The number of aryl methyl sites for hydroxylation is 1. The normalized spacial score (nSPS) is 24.9. The van der Waals surface area contributed by atoms with Crippen molar-refractivity contribution in [2.75, 3.05) is 33.0 Å². The lowest BCUT2D eigenvalue weighted by Gasteiger charge is -2.36. The minimum Gasteiger partial charge on any atom is -0.497 e. The maximum atomic E-state index is 12.0. The van der Waals surface area contributed by atoms with E-state index in [0.29, 0.717) is 25.0 Å². The lowest BCUT2D eigenvalue weighted by atomic mass is 9.94. The van der Waals surface area contributed by atoms with Crippen molar-refractivity contribution in [3.05, 3.63) is 29.5 Å². The topological polar surface area (TPSA) is 65.6 Å². The molecule has 7 heteroatoms. The maximum Gasteiger partial charge on any atom is 0.211 e. The van der Waals surface area contributed by atoms with E-state index in [1.165, 1.54) is 22.9 Å². The number of sulfonamides is 1. The van der Waals surface area contributed by atoms with E-state index < -0.39 is 10.0 Å². The van der Waals surface area contributed by atoms with E-state index in [0.717, 1.165) is 37.2 Å². The molecule has 26 heavy (non-hydrogen) atoms. The molecule has 3 saturated heterocycles. The Morgan fingerprint density at radius 3 is 2.77 bits per heavy atom. The quantitative estimate of drug-likeness (QED) is 0.888. The van der Waals surface area contributed by atoms with Crippen molar-refractivity contribution in [3.63, 3.8) is 0 Å². The third-order valence-corrected chi connectivity index (χ3v) is 7.23.